The van der Waals surface area contributed by atoms with Gasteiger partial charge in [0.2, 0.25) is 11.8 Å². The van der Waals surface area contributed by atoms with Crippen LogP contribution in [0.5, 0.6) is 0 Å². The van der Waals surface area contributed by atoms with Crippen molar-refractivity contribution in [1.29, 1.82) is 0 Å². The lowest BCUT2D eigenvalue weighted by Gasteiger charge is -2.12. The molecule has 0 atom stereocenters. The number of anilines is 1. The number of hydrogen-bond acceptors (Lipinski definition) is 2. The zero-order valence-corrected chi connectivity index (χ0v) is 9.91. The van der Waals surface area contributed by atoms with Gasteiger partial charge in [0.05, 0.1) is 0 Å². The third-order valence-corrected chi connectivity index (χ3v) is 3.17. The predicted octanol–water partition coefficient (Wildman–Crippen LogP) is 1.81. The summed E-state index contributed by atoms with van der Waals surface area (Å²) in [5, 5.41) is 2.68. The second-order valence-corrected chi connectivity index (χ2v) is 4.87. The summed E-state index contributed by atoms with van der Waals surface area (Å²) in [4.78, 5) is 22.7. The van der Waals surface area contributed by atoms with Crippen LogP contribution in [-0.4, -0.2) is 11.8 Å². The fourth-order valence-electron chi connectivity index (χ4n) is 2.04. The predicted molar refractivity (Wildman–Crippen MR) is 65.1 cm³/mol. The Labute approximate surface area is 104 Å². The molecule has 1 aliphatic rings. The Hall–Kier alpha value is -1.91. The molecule has 1 aromatic carbocycles. The molecule has 18 heavy (non-hydrogen) atoms. The molecule has 1 aromatic rings. The fraction of sp³-hybridized carbons (Fsp3) is 0.385. The van der Waals surface area contributed by atoms with Crippen LogP contribution < -0.4 is 11.1 Å². The number of primary amides is 1. The standard InChI is InChI=1S/C13H15FN2O2/c14-9-1-3-10(4-2-9)16-12(18)8-13(5-6-13)7-11(15)17/h1-4H,5-8H2,(H2,15,17)(H,16,18). The quantitative estimate of drug-likeness (QED) is 0.836. The van der Waals surface area contributed by atoms with E-state index in [-0.39, 0.29) is 35.9 Å². The molecular formula is C13H15FN2O2. The minimum Gasteiger partial charge on any atom is -0.370 e. The van der Waals surface area contributed by atoms with Crippen molar-refractivity contribution in [3.8, 4) is 0 Å². The van der Waals surface area contributed by atoms with Crippen LogP contribution >= 0.6 is 0 Å². The third kappa shape index (κ3) is 3.29. The fourth-order valence-corrected chi connectivity index (χ4v) is 2.04. The normalized spacial score (nSPS) is 16.1. The van der Waals surface area contributed by atoms with Gasteiger partial charge in [-0.1, -0.05) is 0 Å². The maximum Gasteiger partial charge on any atom is 0.224 e. The number of carbonyl (C=O) groups is 2. The van der Waals surface area contributed by atoms with E-state index in [0.717, 1.165) is 12.8 Å². The van der Waals surface area contributed by atoms with Crippen LogP contribution in [0.2, 0.25) is 0 Å². The number of carbonyl (C=O) groups excluding carboxylic acids is 2. The van der Waals surface area contributed by atoms with Gasteiger partial charge in [0.1, 0.15) is 5.82 Å². The summed E-state index contributed by atoms with van der Waals surface area (Å²) in [7, 11) is 0. The lowest BCUT2D eigenvalue weighted by Crippen LogP contribution is -2.22. The molecule has 0 aromatic heterocycles. The van der Waals surface area contributed by atoms with Crippen LogP contribution in [0.15, 0.2) is 24.3 Å². The van der Waals surface area contributed by atoms with Gasteiger partial charge in [-0.2, -0.15) is 0 Å². The summed E-state index contributed by atoms with van der Waals surface area (Å²) < 4.78 is 12.7. The van der Waals surface area contributed by atoms with E-state index in [2.05, 4.69) is 5.32 Å². The van der Waals surface area contributed by atoms with Gasteiger partial charge < -0.3 is 11.1 Å². The Morgan fingerprint density at radius 3 is 2.33 bits per heavy atom. The second kappa shape index (κ2) is 4.76. The zero-order chi connectivity index (χ0) is 13.2. The first-order valence-electron chi connectivity index (χ1n) is 5.83. The molecule has 4 nitrogen and oxygen atoms in total. The average Bonchev–Trinajstić information content (AvgIpc) is 3.00. The highest BCUT2D eigenvalue weighted by molar-refractivity contribution is 5.91. The minimum absolute atomic E-state index is 0.166. The minimum atomic E-state index is -0.373. The maximum atomic E-state index is 12.7. The largest absolute Gasteiger partial charge is 0.370 e. The van der Waals surface area contributed by atoms with Crippen molar-refractivity contribution < 1.29 is 14.0 Å². The number of benzene rings is 1. The van der Waals surface area contributed by atoms with E-state index < -0.39 is 0 Å². The van der Waals surface area contributed by atoms with Gasteiger partial charge in [0.25, 0.3) is 0 Å². The van der Waals surface area contributed by atoms with Gasteiger partial charge in [-0.05, 0) is 42.5 Å². The van der Waals surface area contributed by atoms with Gasteiger partial charge in [-0.15, -0.1) is 0 Å². The molecule has 0 spiro atoms. The summed E-state index contributed by atoms with van der Waals surface area (Å²) in [6, 6.07) is 5.57. The van der Waals surface area contributed by atoms with Gasteiger partial charge in [-0.25, -0.2) is 4.39 Å². The van der Waals surface area contributed by atoms with E-state index in [9.17, 15) is 14.0 Å². The number of nitrogens with one attached hydrogen (secondary N) is 1. The summed E-state index contributed by atoms with van der Waals surface area (Å²) in [5.74, 6) is -0.886. The molecule has 0 radical (unpaired) electrons. The average molecular weight is 250 g/mol. The highest BCUT2D eigenvalue weighted by Gasteiger charge is 2.45. The monoisotopic (exact) mass is 250 g/mol. The molecule has 2 amide bonds. The molecule has 1 fully saturated rings. The number of amides is 2. The number of halogens is 1. The van der Waals surface area contributed by atoms with E-state index >= 15 is 0 Å². The lowest BCUT2D eigenvalue weighted by atomic mass is 9.97. The first kappa shape index (κ1) is 12.5. The highest BCUT2D eigenvalue weighted by atomic mass is 19.1. The smallest absolute Gasteiger partial charge is 0.224 e. The Bertz CT molecular complexity index is 466. The van der Waals surface area contributed by atoms with E-state index in [1.165, 1.54) is 24.3 Å². The van der Waals surface area contributed by atoms with Crippen LogP contribution in [-0.2, 0) is 9.59 Å². The topological polar surface area (TPSA) is 72.2 Å². The molecule has 96 valence electrons. The second-order valence-electron chi connectivity index (χ2n) is 4.87. The third-order valence-electron chi connectivity index (χ3n) is 3.17. The molecule has 0 bridgehead atoms. The summed E-state index contributed by atoms with van der Waals surface area (Å²) in [6.07, 6.45) is 2.25. The Morgan fingerprint density at radius 1 is 1.22 bits per heavy atom. The van der Waals surface area contributed by atoms with E-state index in [1.807, 2.05) is 0 Å². The van der Waals surface area contributed by atoms with Crippen molar-refractivity contribution in [3.63, 3.8) is 0 Å². The van der Waals surface area contributed by atoms with Crippen molar-refractivity contribution >= 4 is 17.5 Å². The van der Waals surface area contributed by atoms with Crippen LogP contribution in [0, 0.1) is 11.2 Å². The molecule has 0 heterocycles. The zero-order valence-electron chi connectivity index (χ0n) is 9.91. The Morgan fingerprint density at radius 2 is 1.83 bits per heavy atom. The van der Waals surface area contributed by atoms with Gasteiger partial charge in [0.15, 0.2) is 0 Å². The summed E-state index contributed by atoms with van der Waals surface area (Å²) >= 11 is 0. The van der Waals surface area contributed by atoms with E-state index in [1.54, 1.807) is 0 Å². The number of nitrogens with two attached hydrogens (primary N) is 1. The molecule has 0 saturated heterocycles. The molecule has 1 aliphatic carbocycles. The van der Waals surface area contributed by atoms with Crippen molar-refractivity contribution in [2.24, 2.45) is 11.1 Å². The van der Waals surface area contributed by atoms with Crippen LogP contribution in [0.1, 0.15) is 25.7 Å². The molecule has 0 unspecified atom stereocenters. The first-order valence-corrected chi connectivity index (χ1v) is 5.83. The molecule has 2 rings (SSSR count). The van der Waals surface area contributed by atoms with Gasteiger partial charge in [0, 0.05) is 18.5 Å². The SMILES string of the molecule is NC(=O)CC1(CC(=O)Nc2ccc(F)cc2)CC1. The van der Waals surface area contributed by atoms with Gasteiger partial charge in [-0.3, -0.25) is 9.59 Å². The van der Waals surface area contributed by atoms with Crippen LogP contribution in [0.3, 0.4) is 0 Å². The summed E-state index contributed by atoms with van der Waals surface area (Å²) in [5.41, 5.74) is 5.46. The molecule has 0 aliphatic heterocycles. The number of rotatable bonds is 5. The van der Waals surface area contributed by atoms with Crippen molar-refractivity contribution in [2.75, 3.05) is 5.32 Å². The number of hydrogen-bond donors (Lipinski definition) is 2. The Kier molecular flexibility index (Phi) is 3.32. The summed E-state index contributed by atoms with van der Waals surface area (Å²) in [6.45, 7) is 0. The van der Waals surface area contributed by atoms with E-state index in [4.69, 9.17) is 5.73 Å². The van der Waals surface area contributed by atoms with Crippen LogP contribution in [0.4, 0.5) is 10.1 Å². The molecule has 5 heteroatoms. The van der Waals surface area contributed by atoms with Crippen molar-refractivity contribution in [2.45, 2.75) is 25.7 Å². The maximum absolute atomic E-state index is 12.7. The van der Waals surface area contributed by atoms with E-state index in [0.29, 0.717) is 5.69 Å². The first-order chi connectivity index (χ1) is 8.49. The van der Waals surface area contributed by atoms with Gasteiger partial charge >= 0.3 is 0 Å². The molecular weight excluding hydrogens is 235 g/mol. The molecule has 1 saturated carbocycles. The highest BCUT2D eigenvalue weighted by Crippen LogP contribution is 2.51. The molecule has 3 N–H and O–H groups in total. The van der Waals surface area contributed by atoms with Crippen molar-refractivity contribution in [1.82, 2.24) is 0 Å². The van der Waals surface area contributed by atoms with Crippen LogP contribution in [0.25, 0.3) is 0 Å². The Balaban J connectivity index is 1.89. The van der Waals surface area contributed by atoms with Crippen molar-refractivity contribution in [3.05, 3.63) is 30.1 Å². The lowest BCUT2D eigenvalue weighted by molar-refractivity contribution is -0.120.